The van der Waals surface area contributed by atoms with Gasteiger partial charge in [0, 0.05) is 131 Å². The Labute approximate surface area is 800 Å². The molecule has 748 valence electrons. The average molecular weight is 1940 g/mol. The molecule has 0 spiro atoms. The molecule has 6 aromatic rings. The minimum absolute atomic E-state index is 0.0249. The minimum Gasteiger partial charge on any atom is -0.508 e. The fraction of sp³-hybridized carbons (Fsp3) is 0.527. The van der Waals surface area contributed by atoms with Gasteiger partial charge in [0.1, 0.15) is 78.3 Å². The van der Waals surface area contributed by atoms with Crippen molar-refractivity contribution in [3.8, 4) is 5.75 Å². The van der Waals surface area contributed by atoms with Crippen LogP contribution in [0.2, 0.25) is 0 Å². The van der Waals surface area contributed by atoms with Crippen LogP contribution in [0, 0.1) is 5.92 Å². The van der Waals surface area contributed by atoms with Crippen molar-refractivity contribution in [2.24, 2.45) is 28.9 Å². The molecule has 0 aliphatic carbocycles. The van der Waals surface area contributed by atoms with Crippen molar-refractivity contribution in [1.29, 1.82) is 0 Å². The van der Waals surface area contributed by atoms with E-state index in [0.717, 1.165) is 24.5 Å². The summed E-state index contributed by atoms with van der Waals surface area (Å²) < 4.78 is 0. The molecule has 3 aromatic carbocycles. The SMILES string of the molecule is CCCC[C@H]1C(=O)N(C)[C@@H](CCCC)C(=O)N[C@@H](CCC(=O)O)C(=O)N[C@H](C(=O)NCC(N)=O)CSCC(=O)N[C@@H](Cc2ccc(O)cc2)C(=O)N(C)[C@@H](C)C(=O)N[C@@H](CC(N)=O)C(=O)N2CCC[C@H]2C(=O)N[C@@H](Cc2c[nH]cn2)C(=O)N[C@@H](CCC(N)=O)C(=O)N2C[C@H](O)C[C@H]2C(=O)C[C@@H](Cc2c[nH]c3ccccc23)C(=O)N[C@@H](CCCCN)C(=O)N[C@@H](Cc2c[nH]c3ccccc23)C(=O)N1C. The molecule has 9 rings (SSSR count). The van der Waals surface area contributed by atoms with Crippen LogP contribution in [-0.2, 0) is 117 Å². The summed E-state index contributed by atoms with van der Waals surface area (Å²) in [6.45, 7) is 3.57. The molecule has 44 nitrogen and oxygen atoms in total. The Hall–Kier alpha value is -13.9. The first-order valence-corrected chi connectivity index (χ1v) is 47.5. The first-order valence-electron chi connectivity index (χ1n) is 46.3. The number of carbonyl (C=O) groups is 19. The van der Waals surface area contributed by atoms with Gasteiger partial charge in [0.25, 0.3) is 0 Å². The number of aliphatic carboxylic acids is 1. The number of aliphatic hydroxyl groups excluding tert-OH is 1. The molecule has 45 heteroatoms. The number of carboxylic acid groups (broad SMARTS) is 1. The van der Waals surface area contributed by atoms with Crippen molar-refractivity contribution >= 4 is 146 Å². The molecule has 17 amide bonds. The van der Waals surface area contributed by atoms with Crippen LogP contribution in [-0.4, -0.2) is 315 Å². The van der Waals surface area contributed by atoms with Gasteiger partial charge in [-0.05, 0) is 119 Å². The van der Waals surface area contributed by atoms with Crippen LogP contribution in [0.25, 0.3) is 21.8 Å². The lowest BCUT2D eigenvalue weighted by Crippen LogP contribution is -2.60. The molecule has 3 aliphatic heterocycles. The van der Waals surface area contributed by atoms with Crippen LogP contribution < -0.4 is 70.8 Å². The van der Waals surface area contributed by atoms with E-state index in [1.807, 2.05) is 6.92 Å². The van der Waals surface area contributed by atoms with Crippen molar-refractivity contribution in [1.82, 2.24) is 92.3 Å². The molecule has 0 radical (unpaired) electrons. The van der Waals surface area contributed by atoms with Gasteiger partial charge in [0.15, 0.2) is 5.78 Å². The van der Waals surface area contributed by atoms with Gasteiger partial charge >= 0.3 is 5.97 Å². The van der Waals surface area contributed by atoms with E-state index in [0.29, 0.717) is 75.9 Å². The number of H-pyrrole nitrogens is 3. The van der Waals surface area contributed by atoms with Crippen molar-refractivity contribution < 1.29 is 106 Å². The number of benzene rings is 3. The zero-order valence-corrected chi connectivity index (χ0v) is 79.0. The highest BCUT2D eigenvalue weighted by atomic mass is 32.2. The lowest BCUT2D eigenvalue weighted by Gasteiger charge is -2.36. The standard InChI is InChI=1S/C93H128N22O22S/c1-7-9-23-71-87(131)105-64(31-33-80(123)124)85(129)110-70(83(127)101-46-78(97)121)48-138-49-79(122)103-67(36-52-26-28-57(116)29-27-52)89(133)111(4)51(3)81(125)108-69(42-77(96)120)92(136)114-35-17-25-72(114)88(132)107-66(40-56-45-98-50-102-56)86(130)106-65(30-32-76(95)119)91(135)115-47-58(117)41-74(115)75(118)39-53(37-54-43-99-61-20-13-11-18-59(54)61)82(126)104-63(22-15-16-34-94)84(128)109-68(38-55-44-100-62-21-14-12-19-60(55)62)90(134)113(6)73(24-10-8-2)93(137)112(71)5/h11-14,18-21,26-29,43-45,50-51,53,58,63-74,99-100,116-117H,7-10,15-17,22-25,30-42,46-49,94H2,1-6H3,(H2,95,119)(H2,96,120)(H2,97,121)(H,98,102)(H,101,127)(H,103,122)(H,104,126)(H,105,131)(H,106,130)(H,107,132)(H,108,125)(H,109,128)(H,110,129)(H,123,124)/t51-,53+,58+,63-,64-,65-,66-,67-,68-,69-,70-,71-,72-,73-,74-/m0/s1. The number of thioether (sulfide) groups is 1. The van der Waals surface area contributed by atoms with Crippen LogP contribution in [0.15, 0.2) is 97.7 Å². The number of nitrogens with two attached hydrogens (primary N) is 4. The number of aromatic hydroxyl groups is 1. The number of Topliss-reactive ketones (excluding diaryl/α,β-unsaturated/α-hetero) is 1. The number of imidazole rings is 1. The number of amides is 17. The molecule has 3 saturated heterocycles. The van der Waals surface area contributed by atoms with E-state index in [4.69, 9.17) is 22.9 Å². The van der Waals surface area contributed by atoms with Crippen LogP contribution in [0.5, 0.6) is 5.75 Å². The first-order chi connectivity index (χ1) is 65.8. The first kappa shape index (κ1) is 108. The highest BCUT2D eigenvalue weighted by molar-refractivity contribution is 8.00. The summed E-state index contributed by atoms with van der Waals surface area (Å²) in [4.78, 5) is 295. The second-order valence-corrected chi connectivity index (χ2v) is 36.2. The number of hydrogen-bond donors (Lipinski definition) is 19. The molecule has 6 heterocycles. The second kappa shape index (κ2) is 51.9. The Morgan fingerprint density at radius 3 is 1.72 bits per heavy atom. The smallest absolute Gasteiger partial charge is 0.303 e. The number of rotatable bonds is 29. The van der Waals surface area contributed by atoms with Crippen molar-refractivity contribution in [2.45, 2.75) is 247 Å². The number of phenols is 1. The van der Waals surface area contributed by atoms with Gasteiger partial charge in [-0.15, -0.1) is 11.8 Å². The number of nitrogens with zero attached hydrogens (tertiary/aromatic N) is 6. The molecule has 138 heavy (non-hydrogen) atoms. The highest BCUT2D eigenvalue weighted by Gasteiger charge is 2.47. The number of fused-ring (bicyclic) bond motifs is 4. The lowest BCUT2D eigenvalue weighted by atomic mass is 9.90. The van der Waals surface area contributed by atoms with E-state index in [-0.39, 0.29) is 88.7 Å². The summed E-state index contributed by atoms with van der Waals surface area (Å²) in [5.41, 5.74) is 25.8. The molecule has 15 atom stereocenters. The third-order valence-electron chi connectivity index (χ3n) is 25.0. The Kier molecular flexibility index (Phi) is 40.6. The Balaban J connectivity index is 1.12. The van der Waals surface area contributed by atoms with Gasteiger partial charge in [-0.3, -0.25) is 91.1 Å². The average Bonchev–Trinajstić information content (AvgIpc) is 1.69. The van der Waals surface area contributed by atoms with Gasteiger partial charge in [0.05, 0.1) is 42.9 Å². The van der Waals surface area contributed by atoms with Gasteiger partial charge in [-0.25, -0.2) is 4.98 Å². The van der Waals surface area contributed by atoms with Crippen LogP contribution in [0.3, 0.4) is 0 Å². The molecule has 0 bridgehead atoms. The Morgan fingerprint density at radius 2 is 1.09 bits per heavy atom. The number of aliphatic hydroxyl groups is 1. The van der Waals surface area contributed by atoms with Gasteiger partial charge in [-0.1, -0.05) is 88.1 Å². The lowest BCUT2D eigenvalue weighted by molar-refractivity contribution is -0.149. The van der Waals surface area contributed by atoms with Gasteiger partial charge < -0.3 is 126 Å². The number of unbranched alkanes of at least 4 members (excludes halogenated alkanes) is 3. The van der Waals surface area contributed by atoms with E-state index in [9.17, 15) is 68.1 Å². The maximum Gasteiger partial charge on any atom is 0.303 e. The van der Waals surface area contributed by atoms with E-state index in [1.165, 1.54) is 64.9 Å². The number of likely N-dealkylation sites (N-methyl/N-ethyl adjacent to an activating group) is 3. The zero-order chi connectivity index (χ0) is 101. The fourth-order valence-electron chi connectivity index (χ4n) is 17.2. The molecule has 0 saturated carbocycles. The zero-order valence-electron chi connectivity index (χ0n) is 78.2. The van der Waals surface area contributed by atoms with Crippen molar-refractivity contribution in [3.63, 3.8) is 0 Å². The quantitative estimate of drug-likeness (QED) is 0.0229. The summed E-state index contributed by atoms with van der Waals surface area (Å²) in [7, 11) is 3.85. The number of carboxylic acids is 1. The third-order valence-corrected chi connectivity index (χ3v) is 26.0. The number of aromatic amines is 3. The highest BCUT2D eigenvalue weighted by Crippen LogP contribution is 2.30. The van der Waals surface area contributed by atoms with Crippen LogP contribution in [0.1, 0.15) is 159 Å². The predicted octanol–water partition coefficient (Wildman–Crippen LogP) is -1.88. The molecule has 3 aliphatic rings. The maximum atomic E-state index is 15.9. The summed E-state index contributed by atoms with van der Waals surface area (Å²) in [5, 5.41) is 56.7. The number of phenolic OH excluding ortho intramolecular Hbond substituents is 1. The molecular weight excluding hydrogens is 1810 g/mol. The fourth-order valence-corrected chi connectivity index (χ4v) is 18.1. The largest absolute Gasteiger partial charge is 0.508 e. The molecule has 0 unspecified atom stereocenters. The number of aromatic nitrogens is 4. The van der Waals surface area contributed by atoms with Crippen molar-refractivity contribution in [3.05, 3.63) is 120 Å². The predicted molar refractivity (Wildman–Crippen MR) is 503 cm³/mol. The summed E-state index contributed by atoms with van der Waals surface area (Å²) in [5.74, 6) is -21.4. The number of carbonyl (C=O) groups excluding carboxylic acids is 18. The van der Waals surface area contributed by atoms with E-state index < -0.39 is 279 Å². The Morgan fingerprint density at radius 1 is 0.529 bits per heavy atom. The molecule has 3 aromatic heterocycles. The topological polar surface area (TPSA) is 674 Å². The van der Waals surface area contributed by atoms with Crippen LogP contribution in [0.4, 0.5) is 0 Å². The third kappa shape index (κ3) is 30.3. The number of hydrogen-bond acceptors (Lipinski definition) is 24. The van der Waals surface area contributed by atoms with E-state index in [2.05, 4.69) is 67.8 Å². The van der Waals surface area contributed by atoms with Gasteiger partial charge in [0.2, 0.25) is 100 Å². The van der Waals surface area contributed by atoms with E-state index >= 15 is 38.4 Å². The Bertz CT molecular complexity index is 5340. The van der Waals surface area contributed by atoms with Crippen molar-refractivity contribution in [2.75, 3.05) is 58.8 Å². The van der Waals surface area contributed by atoms with E-state index in [1.54, 1.807) is 67.8 Å². The summed E-state index contributed by atoms with van der Waals surface area (Å²) >= 11 is 0.705. The minimum atomic E-state index is -1.82. The second-order valence-electron chi connectivity index (χ2n) is 35.2. The number of ketones is 1. The molecule has 3 fully saturated rings. The summed E-state index contributed by atoms with van der Waals surface area (Å²) in [6.07, 6.45) is 1.01. The monoisotopic (exact) mass is 1940 g/mol. The molecule has 23 N–H and O–H groups in total. The maximum absolute atomic E-state index is 15.9. The van der Waals surface area contributed by atoms with Gasteiger partial charge in [-0.2, -0.15) is 0 Å². The number of primary amides is 3. The molecular formula is C93H128N22O22S. The number of para-hydroxylation sites is 2. The number of nitrogens with one attached hydrogen (secondary N) is 12. The van der Waals surface area contributed by atoms with Crippen LogP contribution >= 0.6 is 11.8 Å². The summed E-state index contributed by atoms with van der Waals surface area (Å²) in [6, 6.07) is -1.04. The normalized spacial score (nSPS) is 24.5.